The molecule has 188 valence electrons. The molecule has 2 heterocycles. The van der Waals surface area contributed by atoms with Crippen LogP contribution >= 0.6 is 23.4 Å². The lowest BCUT2D eigenvalue weighted by Gasteiger charge is -2.31. The maximum Gasteiger partial charge on any atom is 0.308 e. The summed E-state index contributed by atoms with van der Waals surface area (Å²) in [5, 5.41) is 9.45. The molecule has 0 fully saturated rings. The molecule has 0 saturated carbocycles. The molecule has 3 aromatic rings. The second-order valence-corrected chi connectivity index (χ2v) is 9.45. The number of carbonyl (C=O) groups is 2. The number of methoxy groups -OCH3 is 1. The standard InChI is InChI=1S/C25H25ClN4O5S/c1-5-6-11-36-25-27-23-21(28-29-25)17-9-7-8-10-19(17)30(14(2)31)24(35-23)18-12-16(26)13-20(33-4)22(18)34-15(3)32/h7-10,12-13,24H,5-6,11H2,1-4H3/t24-/m0/s1. The van der Waals surface area contributed by atoms with Gasteiger partial charge in [0.25, 0.3) is 0 Å². The monoisotopic (exact) mass is 528 g/mol. The zero-order valence-electron chi connectivity index (χ0n) is 20.3. The Labute approximate surface area is 218 Å². The van der Waals surface area contributed by atoms with E-state index in [2.05, 4.69) is 22.1 Å². The molecule has 4 rings (SSSR count). The number of amides is 1. The highest BCUT2D eigenvalue weighted by Gasteiger charge is 2.37. The SMILES string of the molecule is CCCCSc1nnc2c(n1)O[C@@H](c1cc(Cl)cc(OC)c1OC(C)=O)N(C(C)=O)c1ccccc1-2. The van der Waals surface area contributed by atoms with E-state index in [1.807, 2.05) is 12.1 Å². The number of halogens is 1. The smallest absolute Gasteiger partial charge is 0.308 e. The van der Waals surface area contributed by atoms with Gasteiger partial charge in [0.05, 0.1) is 18.4 Å². The van der Waals surface area contributed by atoms with Gasteiger partial charge in [-0.2, -0.15) is 4.98 Å². The highest BCUT2D eigenvalue weighted by atomic mass is 35.5. The predicted octanol–water partition coefficient (Wildman–Crippen LogP) is 5.46. The topological polar surface area (TPSA) is 104 Å². The summed E-state index contributed by atoms with van der Waals surface area (Å²) in [7, 11) is 1.43. The quantitative estimate of drug-likeness (QED) is 0.171. The van der Waals surface area contributed by atoms with Gasteiger partial charge in [-0.3, -0.25) is 14.5 Å². The normalized spacial score (nSPS) is 14.2. The van der Waals surface area contributed by atoms with Crippen LogP contribution in [-0.4, -0.2) is 39.9 Å². The fourth-order valence-corrected chi connectivity index (χ4v) is 4.88. The molecule has 36 heavy (non-hydrogen) atoms. The second-order valence-electron chi connectivity index (χ2n) is 7.95. The summed E-state index contributed by atoms with van der Waals surface area (Å²) in [6.45, 7) is 4.80. The van der Waals surface area contributed by atoms with Crippen molar-refractivity contribution in [2.75, 3.05) is 17.8 Å². The number of rotatable bonds is 7. The molecular formula is C25H25ClN4O5S. The second kappa shape index (κ2) is 11.1. The summed E-state index contributed by atoms with van der Waals surface area (Å²) in [6.07, 6.45) is 0.946. The van der Waals surface area contributed by atoms with Crippen LogP contribution in [-0.2, 0) is 9.59 Å². The fraction of sp³-hybridized carbons (Fsp3) is 0.320. The molecule has 0 bridgehead atoms. The van der Waals surface area contributed by atoms with E-state index in [0.717, 1.165) is 18.6 Å². The first-order valence-electron chi connectivity index (χ1n) is 11.3. The van der Waals surface area contributed by atoms with E-state index in [1.54, 1.807) is 18.2 Å². The molecule has 9 nitrogen and oxygen atoms in total. The minimum Gasteiger partial charge on any atom is -0.493 e. The lowest BCUT2D eigenvalue weighted by Crippen LogP contribution is -2.36. The Balaban J connectivity index is 1.95. The number of para-hydroxylation sites is 1. The van der Waals surface area contributed by atoms with Gasteiger partial charge in [0.1, 0.15) is 0 Å². The number of hydrogen-bond donors (Lipinski definition) is 0. The van der Waals surface area contributed by atoms with E-state index in [1.165, 1.54) is 43.7 Å². The lowest BCUT2D eigenvalue weighted by atomic mass is 10.1. The van der Waals surface area contributed by atoms with Crippen LogP contribution in [0.5, 0.6) is 17.4 Å². The minimum atomic E-state index is -1.10. The van der Waals surface area contributed by atoms with Crippen molar-refractivity contribution in [3.8, 4) is 28.6 Å². The first-order chi connectivity index (χ1) is 17.3. The average molecular weight is 529 g/mol. The Morgan fingerprint density at radius 1 is 1.19 bits per heavy atom. The Bertz CT molecular complexity index is 1310. The molecular weight excluding hydrogens is 504 g/mol. The molecule has 2 aromatic carbocycles. The van der Waals surface area contributed by atoms with E-state index >= 15 is 0 Å². The number of nitrogens with zero attached hydrogens (tertiary/aromatic N) is 4. The van der Waals surface area contributed by atoms with Crippen molar-refractivity contribution in [1.82, 2.24) is 15.2 Å². The molecule has 1 aliphatic heterocycles. The Kier molecular flexibility index (Phi) is 7.95. The van der Waals surface area contributed by atoms with Crippen molar-refractivity contribution in [3.05, 3.63) is 47.0 Å². The number of benzene rings is 2. The largest absolute Gasteiger partial charge is 0.493 e. The van der Waals surface area contributed by atoms with Crippen LogP contribution in [0, 0.1) is 0 Å². The molecule has 0 radical (unpaired) electrons. The number of thioether (sulfide) groups is 1. The Hall–Kier alpha value is -3.37. The third-order valence-electron chi connectivity index (χ3n) is 5.36. The van der Waals surface area contributed by atoms with Crippen LogP contribution in [0.1, 0.15) is 45.4 Å². The van der Waals surface area contributed by atoms with Gasteiger partial charge >= 0.3 is 5.97 Å². The molecule has 0 unspecified atom stereocenters. The van der Waals surface area contributed by atoms with Crippen molar-refractivity contribution in [3.63, 3.8) is 0 Å². The third-order valence-corrected chi connectivity index (χ3v) is 6.50. The molecule has 1 atom stereocenters. The van der Waals surface area contributed by atoms with E-state index < -0.39 is 12.2 Å². The highest BCUT2D eigenvalue weighted by molar-refractivity contribution is 7.99. The number of esters is 1. The van der Waals surface area contributed by atoms with Gasteiger partial charge in [0.15, 0.2) is 17.2 Å². The fourth-order valence-electron chi connectivity index (χ4n) is 3.80. The lowest BCUT2D eigenvalue weighted by molar-refractivity contribution is -0.132. The third kappa shape index (κ3) is 5.24. The van der Waals surface area contributed by atoms with Gasteiger partial charge in [-0.25, -0.2) is 0 Å². The molecule has 0 saturated heterocycles. The van der Waals surface area contributed by atoms with E-state index in [4.69, 9.17) is 25.8 Å². The number of aromatic nitrogens is 3. The molecule has 0 aliphatic carbocycles. The first-order valence-corrected chi connectivity index (χ1v) is 12.7. The van der Waals surface area contributed by atoms with Gasteiger partial charge in [0.2, 0.25) is 23.2 Å². The maximum absolute atomic E-state index is 13.1. The summed E-state index contributed by atoms with van der Waals surface area (Å²) in [5.74, 6) is 0.439. The van der Waals surface area contributed by atoms with Gasteiger partial charge in [-0.05, 0) is 18.6 Å². The van der Waals surface area contributed by atoms with E-state index in [-0.39, 0.29) is 23.3 Å². The summed E-state index contributed by atoms with van der Waals surface area (Å²) in [6, 6.07) is 10.3. The summed E-state index contributed by atoms with van der Waals surface area (Å²) >= 11 is 7.87. The van der Waals surface area contributed by atoms with Crippen LogP contribution in [0.25, 0.3) is 11.3 Å². The van der Waals surface area contributed by atoms with Crippen molar-refractivity contribution in [2.24, 2.45) is 0 Å². The summed E-state index contributed by atoms with van der Waals surface area (Å²) < 4.78 is 17.3. The zero-order valence-corrected chi connectivity index (χ0v) is 21.9. The van der Waals surface area contributed by atoms with Gasteiger partial charge in [-0.15, -0.1) is 10.2 Å². The van der Waals surface area contributed by atoms with Gasteiger partial charge in [0, 0.05) is 36.3 Å². The number of carbonyl (C=O) groups excluding carboxylic acids is 2. The minimum absolute atomic E-state index is 0.0890. The number of unbranched alkanes of at least 4 members (excludes halogenated alkanes) is 1. The summed E-state index contributed by atoms with van der Waals surface area (Å²) in [5.41, 5.74) is 1.86. The van der Waals surface area contributed by atoms with Gasteiger partial charge < -0.3 is 14.2 Å². The van der Waals surface area contributed by atoms with Crippen molar-refractivity contribution in [2.45, 2.75) is 45.0 Å². The highest BCUT2D eigenvalue weighted by Crippen LogP contribution is 2.47. The molecule has 1 aromatic heterocycles. The molecule has 0 spiro atoms. The number of fused-ring (bicyclic) bond motifs is 3. The molecule has 1 aliphatic rings. The molecule has 11 heteroatoms. The van der Waals surface area contributed by atoms with Crippen LogP contribution in [0.3, 0.4) is 0 Å². The van der Waals surface area contributed by atoms with Gasteiger partial charge in [-0.1, -0.05) is 54.9 Å². The number of hydrogen-bond acceptors (Lipinski definition) is 9. The number of ether oxygens (including phenoxy) is 3. The first kappa shape index (κ1) is 25.7. The predicted molar refractivity (Wildman–Crippen MR) is 137 cm³/mol. The number of anilines is 1. The van der Waals surface area contributed by atoms with Crippen LogP contribution < -0.4 is 19.1 Å². The molecule has 1 amide bonds. The van der Waals surface area contributed by atoms with E-state index in [0.29, 0.717) is 32.7 Å². The average Bonchev–Trinajstić information content (AvgIpc) is 2.99. The van der Waals surface area contributed by atoms with Crippen molar-refractivity contribution >= 4 is 40.9 Å². The zero-order chi connectivity index (χ0) is 25.8. The van der Waals surface area contributed by atoms with Crippen LogP contribution in [0.4, 0.5) is 5.69 Å². The molecule has 0 N–H and O–H groups in total. The van der Waals surface area contributed by atoms with Crippen LogP contribution in [0.2, 0.25) is 5.02 Å². The van der Waals surface area contributed by atoms with Crippen molar-refractivity contribution < 1.29 is 23.8 Å². The Morgan fingerprint density at radius 3 is 2.67 bits per heavy atom. The van der Waals surface area contributed by atoms with Crippen molar-refractivity contribution in [1.29, 1.82) is 0 Å². The van der Waals surface area contributed by atoms with E-state index in [9.17, 15) is 9.59 Å². The van der Waals surface area contributed by atoms with Crippen LogP contribution in [0.15, 0.2) is 41.6 Å². The maximum atomic E-state index is 13.1. The summed E-state index contributed by atoms with van der Waals surface area (Å²) in [4.78, 5) is 31.1. The Morgan fingerprint density at radius 2 is 1.97 bits per heavy atom.